The van der Waals surface area contributed by atoms with E-state index in [-0.39, 0.29) is 24.6 Å². The van der Waals surface area contributed by atoms with Crippen molar-refractivity contribution in [2.75, 3.05) is 6.61 Å². The summed E-state index contributed by atoms with van der Waals surface area (Å²) in [6, 6.07) is 0. The molecule has 0 aliphatic rings. The summed E-state index contributed by atoms with van der Waals surface area (Å²) < 4.78 is 9.71. The third-order valence-corrected chi connectivity index (χ3v) is 1.51. The molecule has 0 amide bonds. The molecule has 4 nitrogen and oxygen atoms in total. The summed E-state index contributed by atoms with van der Waals surface area (Å²) in [5.41, 5.74) is 0. The van der Waals surface area contributed by atoms with E-state index in [0.717, 1.165) is 0 Å². The molecule has 0 aromatic rings. The van der Waals surface area contributed by atoms with Gasteiger partial charge in [-0.3, -0.25) is 9.59 Å². The number of carbonyl (C=O) groups excluding carboxylic acids is 2. The summed E-state index contributed by atoms with van der Waals surface area (Å²) >= 11 is 0. The number of hydrogen-bond donors (Lipinski definition) is 0. The minimum Gasteiger partial charge on any atom is -0.462 e. The maximum absolute atomic E-state index is 10.8. The predicted octanol–water partition coefficient (Wildman–Crippen LogP) is 1.28. The maximum Gasteiger partial charge on any atom is 0.305 e. The van der Waals surface area contributed by atoms with Gasteiger partial charge in [0.1, 0.15) is 12.7 Å². The second-order valence-electron chi connectivity index (χ2n) is 2.68. The van der Waals surface area contributed by atoms with E-state index in [2.05, 4.69) is 0 Å². The zero-order valence-electron chi connectivity index (χ0n) is 8.33. The molecule has 4 heteroatoms. The maximum atomic E-state index is 10.8. The average molecular weight is 188 g/mol. The molecule has 1 atom stereocenters. The quantitative estimate of drug-likeness (QED) is 0.610. The van der Waals surface area contributed by atoms with Crippen LogP contribution in [0.15, 0.2) is 0 Å². The lowest BCUT2D eigenvalue weighted by molar-refractivity contribution is -0.157. The van der Waals surface area contributed by atoms with Gasteiger partial charge in [0.15, 0.2) is 0 Å². The molecule has 0 spiro atoms. The lowest BCUT2D eigenvalue weighted by atomic mass is 10.3. The molecule has 0 rings (SSSR count). The van der Waals surface area contributed by atoms with Crippen molar-refractivity contribution in [1.82, 2.24) is 0 Å². The van der Waals surface area contributed by atoms with E-state index in [1.807, 2.05) is 6.92 Å². The Balaban J connectivity index is 3.71. The van der Waals surface area contributed by atoms with E-state index in [1.165, 1.54) is 6.92 Å². The summed E-state index contributed by atoms with van der Waals surface area (Å²) in [6.07, 6.45) is 0.681. The van der Waals surface area contributed by atoms with Crippen molar-refractivity contribution in [2.45, 2.75) is 39.7 Å². The molecular weight excluding hydrogens is 172 g/mol. The van der Waals surface area contributed by atoms with Crippen LogP contribution in [-0.4, -0.2) is 24.6 Å². The van der Waals surface area contributed by atoms with Gasteiger partial charge in [-0.05, 0) is 6.42 Å². The van der Waals surface area contributed by atoms with Crippen LogP contribution in [0.4, 0.5) is 0 Å². The molecule has 0 aromatic carbocycles. The van der Waals surface area contributed by atoms with Gasteiger partial charge in [0.05, 0.1) is 0 Å². The van der Waals surface area contributed by atoms with Gasteiger partial charge >= 0.3 is 11.9 Å². The van der Waals surface area contributed by atoms with Crippen molar-refractivity contribution in [3.8, 4) is 0 Å². The number of carbonyl (C=O) groups is 2. The Bertz CT molecular complexity index is 176. The predicted molar refractivity (Wildman–Crippen MR) is 47.1 cm³/mol. The Kier molecular flexibility index (Phi) is 5.93. The fraction of sp³-hybridized carbons (Fsp3) is 0.778. The molecule has 0 aromatic heterocycles. The van der Waals surface area contributed by atoms with Gasteiger partial charge in [-0.1, -0.05) is 13.8 Å². The van der Waals surface area contributed by atoms with E-state index in [4.69, 9.17) is 9.47 Å². The highest BCUT2D eigenvalue weighted by molar-refractivity contribution is 5.69. The third kappa shape index (κ3) is 6.13. The van der Waals surface area contributed by atoms with E-state index < -0.39 is 0 Å². The second-order valence-corrected chi connectivity index (χ2v) is 2.68. The molecule has 0 aliphatic heterocycles. The molecule has 0 saturated heterocycles. The minimum absolute atomic E-state index is 0.156. The summed E-state index contributed by atoms with van der Waals surface area (Å²) in [5, 5.41) is 0. The fourth-order valence-electron chi connectivity index (χ4n) is 0.758. The van der Waals surface area contributed by atoms with Crippen molar-refractivity contribution in [2.24, 2.45) is 0 Å². The molecule has 13 heavy (non-hydrogen) atoms. The lowest BCUT2D eigenvalue weighted by Gasteiger charge is -2.14. The van der Waals surface area contributed by atoms with E-state index in [9.17, 15) is 9.59 Å². The first kappa shape index (κ1) is 11.9. The zero-order chi connectivity index (χ0) is 10.3. The van der Waals surface area contributed by atoms with Crippen LogP contribution in [0.3, 0.4) is 0 Å². The van der Waals surface area contributed by atoms with Crippen LogP contribution in [0, 0.1) is 0 Å². The molecule has 0 radical (unpaired) electrons. The van der Waals surface area contributed by atoms with Crippen LogP contribution in [0.1, 0.15) is 33.6 Å². The van der Waals surface area contributed by atoms with Gasteiger partial charge in [0, 0.05) is 13.3 Å². The Labute approximate surface area is 78.2 Å². The smallest absolute Gasteiger partial charge is 0.305 e. The van der Waals surface area contributed by atoms with Crippen LogP contribution in [-0.2, 0) is 19.1 Å². The first-order valence-electron chi connectivity index (χ1n) is 4.43. The Morgan fingerprint density at radius 2 is 1.92 bits per heavy atom. The summed E-state index contributed by atoms with van der Waals surface area (Å²) in [7, 11) is 0. The Morgan fingerprint density at radius 3 is 2.31 bits per heavy atom. The highest BCUT2D eigenvalue weighted by Crippen LogP contribution is 2.00. The number of ether oxygens (including phenoxy) is 2. The van der Waals surface area contributed by atoms with E-state index in [0.29, 0.717) is 12.8 Å². The van der Waals surface area contributed by atoms with Crippen molar-refractivity contribution in [3.63, 3.8) is 0 Å². The van der Waals surface area contributed by atoms with Crippen molar-refractivity contribution in [3.05, 3.63) is 0 Å². The summed E-state index contributed by atoms with van der Waals surface area (Å²) in [5.74, 6) is -0.620. The Morgan fingerprint density at radius 1 is 1.31 bits per heavy atom. The summed E-state index contributed by atoms with van der Waals surface area (Å²) in [6.45, 7) is 5.08. The SMILES string of the molecule is CCC(=O)OCC(CC)OC(C)=O. The van der Waals surface area contributed by atoms with Crippen molar-refractivity contribution in [1.29, 1.82) is 0 Å². The molecule has 0 fully saturated rings. The average Bonchev–Trinajstić information content (AvgIpc) is 2.10. The zero-order valence-corrected chi connectivity index (χ0v) is 8.33. The molecule has 0 saturated carbocycles. The molecule has 76 valence electrons. The highest BCUT2D eigenvalue weighted by atomic mass is 16.6. The van der Waals surface area contributed by atoms with Gasteiger partial charge in [0.25, 0.3) is 0 Å². The first-order chi connectivity index (χ1) is 6.10. The van der Waals surface area contributed by atoms with Crippen molar-refractivity contribution < 1.29 is 19.1 Å². The molecule has 0 N–H and O–H groups in total. The molecule has 0 bridgehead atoms. The van der Waals surface area contributed by atoms with Crippen LogP contribution >= 0.6 is 0 Å². The topological polar surface area (TPSA) is 52.6 Å². The van der Waals surface area contributed by atoms with Gasteiger partial charge < -0.3 is 9.47 Å². The van der Waals surface area contributed by atoms with Crippen LogP contribution in [0.2, 0.25) is 0 Å². The minimum atomic E-state index is -0.348. The van der Waals surface area contributed by atoms with Crippen LogP contribution < -0.4 is 0 Å². The number of esters is 2. The number of rotatable bonds is 5. The monoisotopic (exact) mass is 188 g/mol. The van der Waals surface area contributed by atoms with Crippen molar-refractivity contribution >= 4 is 11.9 Å². The first-order valence-corrected chi connectivity index (χ1v) is 4.43. The number of hydrogen-bond acceptors (Lipinski definition) is 4. The third-order valence-electron chi connectivity index (χ3n) is 1.51. The van der Waals surface area contributed by atoms with Gasteiger partial charge in [0.2, 0.25) is 0 Å². The second kappa shape index (κ2) is 6.46. The van der Waals surface area contributed by atoms with Crippen LogP contribution in [0.25, 0.3) is 0 Å². The van der Waals surface area contributed by atoms with Gasteiger partial charge in [-0.15, -0.1) is 0 Å². The molecule has 1 unspecified atom stereocenters. The fourth-order valence-corrected chi connectivity index (χ4v) is 0.758. The normalized spacial score (nSPS) is 11.9. The van der Waals surface area contributed by atoms with Gasteiger partial charge in [-0.2, -0.15) is 0 Å². The molecule has 0 heterocycles. The summed E-state index contributed by atoms with van der Waals surface area (Å²) in [4.78, 5) is 21.3. The van der Waals surface area contributed by atoms with E-state index >= 15 is 0 Å². The highest BCUT2D eigenvalue weighted by Gasteiger charge is 2.11. The van der Waals surface area contributed by atoms with E-state index in [1.54, 1.807) is 6.92 Å². The van der Waals surface area contributed by atoms with Gasteiger partial charge in [-0.25, -0.2) is 0 Å². The Hall–Kier alpha value is -1.06. The lowest BCUT2D eigenvalue weighted by Crippen LogP contribution is -2.23. The standard InChI is InChI=1S/C9H16O4/c1-4-8(13-7(3)10)6-12-9(11)5-2/h8H,4-6H2,1-3H3. The largest absolute Gasteiger partial charge is 0.462 e. The molecular formula is C9H16O4. The van der Waals surface area contributed by atoms with Crippen LogP contribution in [0.5, 0.6) is 0 Å². The molecule has 0 aliphatic carbocycles.